The molecule has 1 saturated carbocycles. The van der Waals surface area contributed by atoms with Gasteiger partial charge in [0.15, 0.2) is 0 Å². The smallest absolute Gasteiger partial charge is 0.143 e. The Bertz CT molecular complexity index is 803. The summed E-state index contributed by atoms with van der Waals surface area (Å²) in [5.41, 5.74) is 1.78. The molecule has 1 fully saturated rings. The number of aromatic nitrogens is 3. The molecule has 0 amide bonds. The van der Waals surface area contributed by atoms with Gasteiger partial charge in [0.2, 0.25) is 0 Å². The van der Waals surface area contributed by atoms with Gasteiger partial charge in [0.1, 0.15) is 23.5 Å². The van der Waals surface area contributed by atoms with E-state index >= 15 is 0 Å². The summed E-state index contributed by atoms with van der Waals surface area (Å²) in [7, 11) is 0. The molecule has 5 nitrogen and oxygen atoms in total. The maximum Gasteiger partial charge on any atom is 0.143 e. The number of nitrogens with zero attached hydrogens (tertiary/aromatic N) is 2. The molecule has 5 heteroatoms. The lowest BCUT2D eigenvalue weighted by Gasteiger charge is -2.17. The van der Waals surface area contributed by atoms with Gasteiger partial charge in [0, 0.05) is 16.9 Å². The van der Waals surface area contributed by atoms with Crippen LogP contribution in [0.15, 0.2) is 24.5 Å². The number of aromatic amines is 1. The maximum absolute atomic E-state index is 9.78. The van der Waals surface area contributed by atoms with E-state index in [4.69, 9.17) is 0 Å². The van der Waals surface area contributed by atoms with Gasteiger partial charge in [0.05, 0.1) is 5.39 Å². The minimum atomic E-state index is 0.262. The fraction of sp³-hybridized carbons (Fsp3) is 0.412. The van der Waals surface area contributed by atoms with Crippen LogP contribution in [0, 0.1) is 0 Å². The molecule has 0 unspecified atom stereocenters. The molecule has 3 N–H and O–H groups in total. The topological polar surface area (TPSA) is 73.8 Å². The van der Waals surface area contributed by atoms with Crippen LogP contribution in [0.1, 0.15) is 38.5 Å². The molecule has 2 heterocycles. The van der Waals surface area contributed by atoms with Crippen molar-refractivity contribution in [2.45, 2.75) is 44.6 Å². The molecule has 0 bridgehead atoms. The Kier molecular flexibility index (Phi) is 3.33. The van der Waals surface area contributed by atoms with Gasteiger partial charge in [-0.25, -0.2) is 9.97 Å². The molecule has 0 spiro atoms. The van der Waals surface area contributed by atoms with E-state index in [2.05, 4.69) is 20.3 Å². The number of phenols is 1. The van der Waals surface area contributed by atoms with E-state index in [0.29, 0.717) is 6.04 Å². The quantitative estimate of drug-likeness (QED) is 0.626. The van der Waals surface area contributed by atoms with Crippen molar-refractivity contribution in [3.8, 4) is 5.75 Å². The average molecular weight is 296 g/mol. The van der Waals surface area contributed by atoms with Gasteiger partial charge in [-0.05, 0) is 31.0 Å². The molecule has 0 aliphatic heterocycles. The minimum Gasteiger partial charge on any atom is -0.508 e. The summed E-state index contributed by atoms with van der Waals surface area (Å²) in [5, 5.41) is 15.3. The molecule has 1 aliphatic carbocycles. The van der Waals surface area contributed by atoms with Crippen LogP contribution >= 0.6 is 0 Å². The molecule has 114 valence electrons. The van der Waals surface area contributed by atoms with Gasteiger partial charge in [0.25, 0.3) is 0 Å². The Morgan fingerprint density at radius 3 is 2.73 bits per heavy atom. The zero-order chi connectivity index (χ0) is 14.9. The Balaban J connectivity index is 1.79. The largest absolute Gasteiger partial charge is 0.508 e. The van der Waals surface area contributed by atoms with Gasteiger partial charge in [-0.3, -0.25) is 0 Å². The molecule has 1 aliphatic rings. The average Bonchev–Trinajstić information content (AvgIpc) is 2.69. The van der Waals surface area contributed by atoms with Gasteiger partial charge < -0.3 is 15.4 Å². The van der Waals surface area contributed by atoms with Crippen LogP contribution < -0.4 is 5.32 Å². The van der Waals surface area contributed by atoms with Crippen LogP contribution in [0.5, 0.6) is 5.75 Å². The Hall–Kier alpha value is -2.30. The van der Waals surface area contributed by atoms with Crippen LogP contribution in [0.4, 0.5) is 5.82 Å². The molecule has 2 aromatic heterocycles. The third-order valence-corrected chi connectivity index (χ3v) is 4.57. The zero-order valence-electron chi connectivity index (χ0n) is 12.5. The Morgan fingerprint density at radius 1 is 1.09 bits per heavy atom. The van der Waals surface area contributed by atoms with Crippen molar-refractivity contribution in [2.75, 3.05) is 5.32 Å². The maximum atomic E-state index is 9.78. The first-order chi connectivity index (χ1) is 10.8. The van der Waals surface area contributed by atoms with Crippen molar-refractivity contribution in [3.63, 3.8) is 0 Å². The summed E-state index contributed by atoms with van der Waals surface area (Å²) < 4.78 is 0. The van der Waals surface area contributed by atoms with Crippen LogP contribution in [0.3, 0.4) is 0 Å². The highest BCUT2D eigenvalue weighted by Gasteiger charge is 2.16. The van der Waals surface area contributed by atoms with Crippen molar-refractivity contribution >= 4 is 27.8 Å². The second-order valence-electron chi connectivity index (χ2n) is 6.13. The SMILES string of the molecule is Oc1ccc2[nH]c3ncnc(NC4CCCCCC4)c3c2c1. The van der Waals surface area contributed by atoms with Crippen LogP contribution in [-0.2, 0) is 0 Å². The Morgan fingerprint density at radius 2 is 1.91 bits per heavy atom. The molecule has 4 rings (SSSR count). The van der Waals surface area contributed by atoms with E-state index < -0.39 is 0 Å². The van der Waals surface area contributed by atoms with Crippen molar-refractivity contribution in [2.24, 2.45) is 0 Å². The van der Waals surface area contributed by atoms with Gasteiger partial charge in [-0.1, -0.05) is 25.7 Å². The number of phenolic OH excluding ortho intramolecular Hbond substituents is 1. The number of fused-ring (bicyclic) bond motifs is 3. The fourth-order valence-corrected chi connectivity index (χ4v) is 3.44. The lowest BCUT2D eigenvalue weighted by atomic mass is 10.1. The van der Waals surface area contributed by atoms with Gasteiger partial charge in [-0.2, -0.15) is 0 Å². The van der Waals surface area contributed by atoms with E-state index in [-0.39, 0.29) is 5.75 Å². The number of hydrogen-bond acceptors (Lipinski definition) is 4. The monoisotopic (exact) mass is 296 g/mol. The molecule has 3 aromatic rings. The molecule has 0 radical (unpaired) electrons. The normalized spacial score (nSPS) is 16.9. The molecule has 0 atom stereocenters. The highest BCUT2D eigenvalue weighted by Crippen LogP contribution is 2.32. The fourth-order valence-electron chi connectivity index (χ4n) is 3.44. The second kappa shape index (κ2) is 5.48. The summed E-state index contributed by atoms with van der Waals surface area (Å²) in [6, 6.07) is 5.81. The molecular weight excluding hydrogens is 276 g/mol. The van der Waals surface area contributed by atoms with Crippen molar-refractivity contribution < 1.29 is 5.11 Å². The highest BCUT2D eigenvalue weighted by atomic mass is 16.3. The van der Waals surface area contributed by atoms with Crippen LogP contribution in [0.2, 0.25) is 0 Å². The van der Waals surface area contributed by atoms with E-state index in [1.165, 1.54) is 38.5 Å². The molecule has 22 heavy (non-hydrogen) atoms. The Labute approximate surface area is 128 Å². The number of rotatable bonds is 2. The van der Waals surface area contributed by atoms with Crippen molar-refractivity contribution in [1.29, 1.82) is 0 Å². The number of H-pyrrole nitrogens is 1. The predicted octanol–water partition coefficient (Wildman–Crippen LogP) is 3.95. The van der Waals surface area contributed by atoms with E-state index in [0.717, 1.165) is 27.8 Å². The standard InChI is InChI=1S/C17H20N4O/c22-12-7-8-14-13(9-12)15-16(18-10-19-17(15)21-14)20-11-5-3-1-2-4-6-11/h7-11,22H,1-6H2,(H2,18,19,20,21). The first-order valence-electron chi connectivity index (χ1n) is 8.03. The first-order valence-corrected chi connectivity index (χ1v) is 8.03. The van der Waals surface area contributed by atoms with Crippen molar-refractivity contribution in [1.82, 2.24) is 15.0 Å². The van der Waals surface area contributed by atoms with Crippen LogP contribution in [0.25, 0.3) is 21.9 Å². The first kappa shape index (κ1) is 13.4. The second-order valence-corrected chi connectivity index (χ2v) is 6.13. The zero-order valence-corrected chi connectivity index (χ0v) is 12.5. The number of nitrogens with one attached hydrogen (secondary N) is 2. The number of benzene rings is 1. The van der Waals surface area contributed by atoms with Gasteiger partial charge >= 0.3 is 0 Å². The predicted molar refractivity (Wildman–Crippen MR) is 88.2 cm³/mol. The van der Waals surface area contributed by atoms with Gasteiger partial charge in [-0.15, -0.1) is 0 Å². The summed E-state index contributed by atoms with van der Waals surface area (Å²) >= 11 is 0. The summed E-state index contributed by atoms with van der Waals surface area (Å²) in [4.78, 5) is 12.1. The van der Waals surface area contributed by atoms with E-state index in [1.54, 1.807) is 18.5 Å². The molecular formula is C17H20N4O. The molecule has 0 saturated heterocycles. The minimum absolute atomic E-state index is 0.262. The van der Waals surface area contributed by atoms with E-state index in [9.17, 15) is 5.11 Å². The third-order valence-electron chi connectivity index (χ3n) is 4.57. The van der Waals surface area contributed by atoms with Crippen molar-refractivity contribution in [3.05, 3.63) is 24.5 Å². The summed E-state index contributed by atoms with van der Waals surface area (Å²) in [5.74, 6) is 1.13. The molecule has 1 aromatic carbocycles. The van der Waals surface area contributed by atoms with E-state index in [1.807, 2.05) is 6.07 Å². The highest BCUT2D eigenvalue weighted by molar-refractivity contribution is 6.11. The lowest BCUT2D eigenvalue weighted by Crippen LogP contribution is -2.19. The number of aromatic hydroxyl groups is 1. The summed E-state index contributed by atoms with van der Waals surface area (Å²) in [6.45, 7) is 0. The summed E-state index contributed by atoms with van der Waals surface area (Å²) in [6.07, 6.45) is 9.20. The van der Waals surface area contributed by atoms with Crippen LogP contribution in [-0.4, -0.2) is 26.1 Å². The number of hydrogen-bond donors (Lipinski definition) is 3. The lowest BCUT2D eigenvalue weighted by molar-refractivity contribution is 0.476. The third kappa shape index (κ3) is 2.36. The number of anilines is 1.